The molecule has 2 nitrogen and oxygen atoms in total. The number of hydrogen-bond acceptors (Lipinski definition) is 3. The number of nitrogens with zero attached hydrogens (tertiary/aromatic N) is 1. The summed E-state index contributed by atoms with van der Waals surface area (Å²) in [7, 11) is 0. The fraction of sp³-hybridized carbons (Fsp3) is 0.235. The lowest BCUT2D eigenvalue weighted by Gasteiger charge is -2.32. The van der Waals surface area contributed by atoms with Gasteiger partial charge in [-0.3, -0.25) is 4.79 Å². The van der Waals surface area contributed by atoms with Crippen molar-refractivity contribution in [3.05, 3.63) is 62.5 Å². The Balaban J connectivity index is 2.07. The summed E-state index contributed by atoms with van der Waals surface area (Å²) >= 11 is 3.49. The molecule has 1 amide bonds. The zero-order valence-corrected chi connectivity index (χ0v) is 13.6. The third kappa shape index (κ3) is 2.49. The summed E-state index contributed by atoms with van der Waals surface area (Å²) in [6.45, 7) is 11.1. The van der Waals surface area contributed by atoms with Gasteiger partial charge in [-0.2, -0.15) is 0 Å². The van der Waals surface area contributed by atoms with Gasteiger partial charge in [0.15, 0.2) is 0 Å². The molecule has 0 bridgehead atoms. The Hall–Kier alpha value is -1.65. The van der Waals surface area contributed by atoms with Crippen molar-refractivity contribution in [3.8, 4) is 0 Å². The van der Waals surface area contributed by atoms with Crippen molar-refractivity contribution in [2.45, 2.75) is 19.4 Å². The number of aryl methyl sites for hydroxylation is 1. The van der Waals surface area contributed by atoms with Crippen LogP contribution in [0.5, 0.6) is 0 Å². The van der Waals surface area contributed by atoms with E-state index in [4.69, 9.17) is 0 Å². The molecular weight excluding hydrogens is 298 g/mol. The molecule has 0 aromatic carbocycles. The van der Waals surface area contributed by atoms with Crippen molar-refractivity contribution in [1.29, 1.82) is 0 Å². The van der Waals surface area contributed by atoms with E-state index < -0.39 is 0 Å². The lowest BCUT2D eigenvalue weighted by molar-refractivity contribution is -0.127. The number of carbonyl (C=O) groups excluding carboxylic acids is 1. The highest BCUT2D eigenvalue weighted by atomic mass is 32.1. The van der Waals surface area contributed by atoms with E-state index in [-0.39, 0.29) is 11.8 Å². The Bertz CT molecular complexity index is 710. The van der Waals surface area contributed by atoms with Gasteiger partial charge in [0.25, 0.3) is 0 Å². The highest BCUT2D eigenvalue weighted by molar-refractivity contribution is 7.12. The first kappa shape index (κ1) is 14.3. The minimum atomic E-state index is 0.00656. The average molecular weight is 315 g/mol. The molecule has 4 heteroatoms. The second kappa shape index (κ2) is 5.62. The largest absolute Gasteiger partial charge is 0.333 e. The van der Waals surface area contributed by atoms with E-state index in [1.165, 1.54) is 31.8 Å². The fourth-order valence-electron chi connectivity index (χ4n) is 2.90. The monoisotopic (exact) mass is 315 g/mol. The molecule has 0 unspecified atom stereocenters. The third-order valence-electron chi connectivity index (χ3n) is 3.85. The maximum atomic E-state index is 12.0. The second-order valence-corrected chi connectivity index (χ2v) is 7.44. The maximum absolute atomic E-state index is 12.0. The zero-order valence-electron chi connectivity index (χ0n) is 12.0. The standard InChI is InChI=1S/C17H17NOS2/c1-4-15-12(6-7-20-15)14-9-18(17(19)5-2)10-16-13(14)8-11(3)21-16/h4-8,14H,1-2,9-10H2,3H3/t14-/m1/s1. The lowest BCUT2D eigenvalue weighted by atomic mass is 9.88. The molecule has 0 saturated heterocycles. The molecule has 108 valence electrons. The maximum Gasteiger partial charge on any atom is 0.246 e. The molecule has 1 aliphatic heterocycles. The van der Waals surface area contributed by atoms with E-state index in [1.54, 1.807) is 22.7 Å². The Morgan fingerprint density at radius 1 is 1.43 bits per heavy atom. The number of rotatable bonds is 3. The highest BCUT2D eigenvalue weighted by Crippen LogP contribution is 2.40. The molecule has 3 heterocycles. The van der Waals surface area contributed by atoms with Gasteiger partial charge in [-0.15, -0.1) is 22.7 Å². The molecule has 0 aliphatic carbocycles. The Morgan fingerprint density at radius 2 is 2.24 bits per heavy atom. The summed E-state index contributed by atoms with van der Waals surface area (Å²) in [5.41, 5.74) is 2.64. The van der Waals surface area contributed by atoms with E-state index in [1.807, 2.05) is 11.0 Å². The van der Waals surface area contributed by atoms with Crippen LogP contribution in [0.4, 0.5) is 0 Å². The summed E-state index contributed by atoms with van der Waals surface area (Å²) in [6, 6.07) is 4.43. The average Bonchev–Trinajstić information content (AvgIpc) is 3.09. The summed E-state index contributed by atoms with van der Waals surface area (Å²) in [5, 5.41) is 2.10. The highest BCUT2D eigenvalue weighted by Gasteiger charge is 2.31. The van der Waals surface area contributed by atoms with Crippen LogP contribution < -0.4 is 0 Å². The van der Waals surface area contributed by atoms with Crippen LogP contribution >= 0.6 is 22.7 Å². The quantitative estimate of drug-likeness (QED) is 0.768. The molecular formula is C17H17NOS2. The van der Waals surface area contributed by atoms with E-state index in [0.29, 0.717) is 13.1 Å². The van der Waals surface area contributed by atoms with Gasteiger partial charge in [-0.25, -0.2) is 0 Å². The van der Waals surface area contributed by atoms with Gasteiger partial charge in [0.2, 0.25) is 5.91 Å². The van der Waals surface area contributed by atoms with Crippen LogP contribution in [0.1, 0.15) is 31.7 Å². The Morgan fingerprint density at radius 3 is 2.95 bits per heavy atom. The minimum Gasteiger partial charge on any atom is -0.333 e. The number of amides is 1. The molecule has 1 aliphatic rings. The normalized spacial score (nSPS) is 17.4. The predicted octanol–water partition coefficient (Wildman–Crippen LogP) is 4.42. The summed E-state index contributed by atoms with van der Waals surface area (Å²) < 4.78 is 0. The molecule has 2 aromatic rings. The van der Waals surface area contributed by atoms with E-state index >= 15 is 0 Å². The molecule has 0 spiro atoms. The summed E-state index contributed by atoms with van der Waals surface area (Å²) in [6.07, 6.45) is 3.32. The first-order valence-electron chi connectivity index (χ1n) is 6.84. The van der Waals surface area contributed by atoms with E-state index in [0.717, 1.165) is 0 Å². The SMILES string of the molecule is C=CC(=O)N1Cc2sc(C)cc2[C@@H](c2ccsc2C=C)C1. The fourth-order valence-corrected chi connectivity index (χ4v) is 4.82. The first-order chi connectivity index (χ1) is 10.1. The summed E-state index contributed by atoms with van der Waals surface area (Å²) in [4.78, 5) is 17.7. The van der Waals surface area contributed by atoms with Crippen LogP contribution in [0.25, 0.3) is 6.08 Å². The number of hydrogen-bond donors (Lipinski definition) is 0. The molecule has 3 rings (SSSR count). The molecule has 0 saturated carbocycles. The molecule has 21 heavy (non-hydrogen) atoms. The van der Waals surface area contributed by atoms with E-state index in [2.05, 4.69) is 37.6 Å². The predicted molar refractivity (Wildman–Crippen MR) is 90.9 cm³/mol. The zero-order chi connectivity index (χ0) is 15.0. The molecule has 0 fully saturated rings. The molecule has 1 atom stereocenters. The van der Waals surface area contributed by atoms with Crippen LogP contribution in [0, 0.1) is 6.92 Å². The van der Waals surface area contributed by atoms with Crippen molar-refractivity contribution in [3.63, 3.8) is 0 Å². The van der Waals surface area contributed by atoms with Gasteiger partial charge in [-0.05, 0) is 41.6 Å². The van der Waals surface area contributed by atoms with Crippen molar-refractivity contribution < 1.29 is 4.79 Å². The second-order valence-electron chi connectivity index (χ2n) is 5.16. The molecule has 0 N–H and O–H groups in total. The first-order valence-corrected chi connectivity index (χ1v) is 8.54. The van der Waals surface area contributed by atoms with Crippen LogP contribution in [0.15, 0.2) is 36.7 Å². The van der Waals surface area contributed by atoms with Crippen molar-refractivity contribution in [2.75, 3.05) is 6.54 Å². The van der Waals surface area contributed by atoms with Crippen LogP contribution in [0.2, 0.25) is 0 Å². The molecule has 0 radical (unpaired) electrons. The van der Waals surface area contributed by atoms with Crippen molar-refractivity contribution >= 4 is 34.7 Å². The van der Waals surface area contributed by atoms with Crippen LogP contribution in [-0.4, -0.2) is 17.4 Å². The summed E-state index contributed by atoms with van der Waals surface area (Å²) in [5.74, 6) is 0.244. The van der Waals surface area contributed by atoms with E-state index in [9.17, 15) is 4.79 Å². The van der Waals surface area contributed by atoms with Gasteiger partial charge < -0.3 is 4.90 Å². The van der Waals surface area contributed by atoms with Gasteiger partial charge in [0.05, 0.1) is 6.54 Å². The number of carbonyl (C=O) groups is 1. The topological polar surface area (TPSA) is 20.3 Å². The van der Waals surface area contributed by atoms with Gasteiger partial charge in [-0.1, -0.05) is 19.2 Å². The number of fused-ring (bicyclic) bond motifs is 1. The van der Waals surface area contributed by atoms with Crippen LogP contribution in [-0.2, 0) is 11.3 Å². The molecule has 2 aromatic heterocycles. The van der Waals surface area contributed by atoms with Gasteiger partial charge >= 0.3 is 0 Å². The third-order valence-corrected chi connectivity index (χ3v) is 5.83. The van der Waals surface area contributed by atoms with Gasteiger partial charge in [0, 0.05) is 27.1 Å². The lowest BCUT2D eigenvalue weighted by Crippen LogP contribution is -2.36. The smallest absolute Gasteiger partial charge is 0.246 e. The van der Waals surface area contributed by atoms with Crippen molar-refractivity contribution in [2.24, 2.45) is 0 Å². The van der Waals surface area contributed by atoms with Gasteiger partial charge in [0.1, 0.15) is 0 Å². The number of thiophene rings is 2. The van der Waals surface area contributed by atoms with Crippen molar-refractivity contribution in [1.82, 2.24) is 4.90 Å². The minimum absolute atomic E-state index is 0.00656. The van der Waals surface area contributed by atoms with Crippen LogP contribution in [0.3, 0.4) is 0 Å². The Labute approximate surface area is 133 Å². The Kier molecular flexibility index (Phi) is 3.83.